The average molecular weight is 157 g/mol. The molecule has 0 radical (unpaired) electrons. The second-order valence-corrected chi connectivity index (χ2v) is 2.29. The lowest BCUT2D eigenvalue weighted by Gasteiger charge is -1.91. The second-order valence-electron chi connectivity index (χ2n) is 2.04. The Morgan fingerprint density at radius 2 is 2.60 bits per heavy atom. The van der Waals surface area contributed by atoms with Crippen LogP contribution in [0.3, 0.4) is 0 Å². The molecule has 1 heterocycles. The fourth-order valence-electron chi connectivity index (χ4n) is 0.713. The molecule has 2 nitrogen and oxygen atoms in total. The number of hydrogen-bond acceptors (Lipinski definition) is 1. The van der Waals surface area contributed by atoms with Crippen LogP contribution < -0.4 is 0 Å². The van der Waals surface area contributed by atoms with Crippen LogP contribution in [0.2, 0.25) is 0 Å². The lowest BCUT2D eigenvalue weighted by atomic mass is 10.5. The summed E-state index contributed by atoms with van der Waals surface area (Å²) < 4.78 is 1.83. The van der Waals surface area contributed by atoms with Crippen molar-refractivity contribution in [3.05, 3.63) is 29.6 Å². The average Bonchev–Trinajstić information content (AvgIpc) is 2.31. The molecule has 1 aromatic heterocycles. The zero-order valence-electron chi connectivity index (χ0n) is 5.79. The van der Waals surface area contributed by atoms with E-state index in [-0.39, 0.29) is 0 Å². The predicted molar refractivity (Wildman–Crippen MR) is 42.0 cm³/mol. The van der Waals surface area contributed by atoms with Crippen LogP contribution in [0.4, 0.5) is 0 Å². The molecule has 0 atom stereocenters. The van der Waals surface area contributed by atoms with Crippen molar-refractivity contribution in [1.29, 1.82) is 0 Å². The SMILES string of the molecule is Cc1ccn(C/C=C/Cl)n1. The smallest absolute Gasteiger partial charge is 0.0601 e. The zero-order valence-corrected chi connectivity index (χ0v) is 6.54. The van der Waals surface area contributed by atoms with Crippen molar-refractivity contribution >= 4 is 11.6 Å². The normalized spacial score (nSPS) is 11.0. The Hall–Kier alpha value is -0.760. The largest absolute Gasteiger partial charge is 0.269 e. The Bertz CT molecular complexity index is 227. The lowest BCUT2D eigenvalue weighted by Crippen LogP contribution is -1.94. The molecule has 10 heavy (non-hydrogen) atoms. The topological polar surface area (TPSA) is 17.8 Å². The van der Waals surface area contributed by atoms with Crippen LogP contribution in [0.25, 0.3) is 0 Å². The third-order valence-corrected chi connectivity index (χ3v) is 1.33. The summed E-state index contributed by atoms with van der Waals surface area (Å²) in [4.78, 5) is 0. The van der Waals surface area contributed by atoms with Gasteiger partial charge in [0.2, 0.25) is 0 Å². The molecule has 3 heteroatoms. The van der Waals surface area contributed by atoms with Crippen LogP contribution in [0.5, 0.6) is 0 Å². The van der Waals surface area contributed by atoms with E-state index in [4.69, 9.17) is 11.6 Å². The summed E-state index contributed by atoms with van der Waals surface area (Å²) in [5.41, 5.74) is 2.53. The van der Waals surface area contributed by atoms with Gasteiger partial charge in [-0.3, -0.25) is 4.68 Å². The van der Waals surface area contributed by atoms with Gasteiger partial charge in [0, 0.05) is 11.7 Å². The Kier molecular flexibility index (Phi) is 2.51. The van der Waals surface area contributed by atoms with Gasteiger partial charge in [-0.2, -0.15) is 5.10 Å². The number of aromatic nitrogens is 2. The van der Waals surface area contributed by atoms with Gasteiger partial charge in [0.25, 0.3) is 0 Å². The first-order valence-corrected chi connectivity index (χ1v) is 3.52. The number of hydrogen-bond donors (Lipinski definition) is 0. The van der Waals surface area contributed by atoms with Gasteiger partial charge in [-0.25, -0.2) is 0 Å². The van der Waals surface area contributed by atoms with Crippen molar-refractivity contribution in [3.63, 3.8) is 0 Å². The fourth-order valence-corrected chi connectivity index (χ4v) is 0.792. The number of nitrogens with zero attached hydrogens (tertiary/aromatic N) is 2. The first-order valence-electron chi connectivity index (χ1n) is 3.08. The second kappa shape index (κ2) is 3.42. The first-order chi connectivity index (χ1) is 4.83. The van der Waals surface area contributed by atoms with Crippen LogP contribution in [0.1, 0.15) is 5.69 Å². The van der Waals surface area contributed by atoms with E-state index in [0.717, 1.165) is 12.2 Å². The Labute approximate surface area is 65.1 Å². The quantitative estimate of drug-likeness (QED) is 0.640. The van der Waals surface area contributed by atoms with Gasteiger partial charge in [-0.05, 0) is 13.0 Å². The third-order valence-electron chi connectivity index (χ3n) is 1.16. The molecule has 1 rings (SSSR count). The van der Waals surface area contributed by atoms with E-state index < -0.39 is 0 Å². The van der Waals surface area contributed by atoms with Gasteiger partial charge >= 0.3 is 0 Å². The molecule has 0 aliphatic rings. The van der Waals surface area contributed by atoms with Crippen LogP contribution in [-0.4, -0.2) is 9.78 Å². The molecule has 0 fully saturated rings. The summed E-state index contributed by atoms with van der Waals surface area (Å²) in [6, 6.07) is 1.96. The third kappa shape index (κ3) is 1.88. The highest BCUT2D eigenvalue weighted by Gasteiger charge is 1.88. The fraction of sp³-hybridized carbons (Fsp3) is 0.286. The van der Waals surface area contributed by atoms with Gasteiger partial charge in [-0.1, -0.05) is 17.7 Å². The van der Waals surface area contributed by atoms with Gasteiger partial charge in [0.05, 0.1) is 12.2 Å². The van der Waals surface area contributed by atoms with Crippen LogP contribution in [-0.2, 0) is 6.54 Å². The lowest BCUT2D eigenvalue weighted by molar-refractivity contribution is 0.694. The number of allylic oxidation sites excluding steroid dienone is 1. The molecule has 0 unspecified atom stereocenters. The maximum atomic E-state index is 5.34. The monoisotopic (exact) mass is 156 g/mol. The first kappa shape index (κ1) is 7.35. The summed E-state index contributed by atoms with van der Waals surface area (Å²) in [5, 5.41) is 4.15. The molecule has 0 saturated carbocycles. The zero-order chi connectivity index (χ0) is 7.40. The van der Waals surface area contributed by atoms with E-state index in [9.17, 15) is 0 Å². The number of rotatable bonds is 2. The van der Waals surface area contributed by atoms with E-state index in [2.05, 4.69) is 5.10 Å². The van der Waals surface area contributed by atoms with E-state index in [0.29, 0.717) is 0 Å². The molecule has 0 aliphatic heterocycles. The minimum atomic E-state index is 0.747. The molecule has 54 valence electrons. The van der Waals surface area contributed by atoms with Crippen molar-refractivity contribution in [3.8, 4) is 0 Å². The summed E-state index contributed by atoms with van der Waals surface area (Å²) in [6.07, 6.45) is 3.76. The molecule has 0 aliphatic carbocycles. The summed E-state index contributed by atoms with van der Waals surface area (Å²) in [5.74, 6) is 0. The number of aryl methyl sites for hydroxylation is 1. The Morgan fingerprint density at radius 3 is 3.10 bits per heavy atom. The Morgan fingerprint density at radius 1 is 1.80 bits per heavy atom. The van der Waals surface area contributed by atoms with Gasteiger partial charge in [-0.15, -0.1) is 0 Å². The van der Waals surface area contributed by atoms with Gasteiger partial charge < -0.3 is 0 Å². The summed E-state index contributed by atoms with van der Waals surface area (Å²) in [6.45, 7) is 2.71. The highest BCUT2D eigenvalue weighted by atomic mass is 35.5. The number of halogens is 1. The van der Waals surface area contributed by atoms with E-state index in [1.807, 2.05) is 29.9 Å². The highest BCUT2D eigenvalue weighted by molar-refractivity contribution is 6.25. The minimum Gasteiger partial charge on any atom is -0.269 e. The van der Waals surface area contributed by atoms with Crippen molar-refractivity contribution in [1.82, 2.24) is 9.78 Å². The standard InChI is InChI=1S/C7H9ClN2/c1-7-3-6-10(9-7)5-2-4-8/h2-4,6H,5H2,1H3/b4-2+. The van der Waals surface area contributed by atoms with E-state index in [1.54, 1.807) is 0 Å². The molecular weight excluding hydrogens is 148 g/mol. The Balaban J connectivity index is 2.58. The maximum Gasteiger partial charge on any atom is 0.0601 e. The molecule has 0 aromatic carbocycles. The van der Waals surface area contributed by atoms with E-state index >= 15 is 0 Å². The van der Waals surface area contributed by atoms with Crippen LogP contribution >= 0.6 is 11.6 Å². The van der Waals surface area contributed by atoms with Gasteiger partial charge in [0.15, 0.2) is 0 Å². The van der Waals surface area contributed by atoms with Crippen LogP contribution in [0.15, 0.2) is 23.9 Å². The van der Waals surface area contributed by atoms with Crippen molar-refractivity contribution in [2.45, 2.75) is 13.5 Å². The van der Waals surface area contributed by atoms with E-state index in [1.165, 1.54) is 5.54 Å². The molecule has 0 amide bonds. The van der Waals surface area contributed by atoms with Crippen LogP contribution in [0, 0.1) is 6.92 Å². The van der Waals surface area contributed by atoms with Crippen molar-refractivity contribution in [2.75, 3.05) is 0 Å². The predicted octanol–water partition coefficient (Wildman–Crippen LogP) is 1.94. The summed E-state index contributed by atoms with van der Waals surface area (Å²) >= 11 is 5.34. The molecule has 0 saturated heterocycles. The molecule has 1 aromatic rings. The highest BCUT2D eigenvalue weighted by Crippen LogP contribution is 1.92. The minimum absolute atomic E-state index is 0.747. The van der Waals surface area contributed by atoms with Crippen molar-refractivity contribution in [2.24, 2.45) is 0 Å². The summed E-state index contributed by atoms with van der Waals surface area (Å²) in [7, 11) is 0. The van der Waals surface area contributed by atoms with Crippen molar-refractivity contribution < 1.29 is 0 Å². The molecular formula is C7H9ClN2. The molecule has 0 N–H and O–H groups in total. The van der Waals surface area contributed by atoms with Gasteiger partial charge in [0.1, 0.15) is 0 Å². The molecule has 0 bridgehead atoms. The maximum absolute atomic E-state index is 5.34. The molecule has 0 spiro atoms.